The van der Waals surface area contributed by atoms with E-state index in [4.69, 9.17) is 0 Å². The second kappa shape index (κ2) is 15.9. The molecule has 4 rings (SSSR count). The van der Waals surface area contributed by atoms with Gasteiger partial charge in [0.1, 0.15) is 0 Å². The van der Waals surface area contributed by atoms with Gasteiger partial charge in [-0.15, -0.1) is 0 Å². The molecule has 2 heterocycles. The average molecular weight is 673 g/mol. The zero-order chi connectivity index (χ0) is 33.5. The van der Waals surface area contributed by atoms with Gasteiger partial charge in [-0.3, -0.25) is 0 Å². The Kier molecular flexibility index (Phi) is 12.5. The fourth-order valence-corrected chi connectivity index (χ4v) is 8.13. The molecule has 2 aromatic heterocycles. The van der Waals surface area contributed by atoms with Crippen LogP contribution in [0.25, 0.3) is 21.8 Å². The third kappa shape index (κ3) is 9.88. The van der Waals surface area contributed by atoms with Crippen LogP contribution >= 0.6 is 0 Å². The van der Waals surface area contributed by atoms with E-state index in [1.807, 2.05) is 77.0 Å². The number of unbranched alkanes of at least 4 members (excludes halogenated alkanes) is 3. The van der Waals surface area contributed by atoms with Crippen molar-refractivity contribution in [3.8, 4) is 0 Å². The van der Waals surface area contributed by atoms with Gasteiger partial charge in [-0.1, -0.05) is 25.0 Å². The highest BCUT2D eigenvalue weighted by molar-refractivity contribution is 7.88. The van der Waals surface area contributed by atoms with Crippen molar-refractivity contribution in [2.24, 2.45) is 0 Å². The Morgan fingerprint density at radius 1 is 0.543 bits per heavy atom. The Balaban J connectivity index is 1.20. The minimum Gasteiger partial charge on any atom is -0.361 e. The van der Waals surface area contributed by atoms with Crippen LogP contribution in [0.3, 0.4) is 0 Å². The van der Waals surface area contributed by atoms with Crippen LogP contribution in [0.4, 0.5) is 0 Å². The van der Waals surface area contributed by atoms with Crippen molar-refractivity contribution in [3.05, 3.63) is 71.0 Å². The third-order valence-electron chi connectivity index (χ3n) is 8.66. The molecule has 10 nitrogen and oxygen atoms in total. The number of H-pyrrole nitrogens is 2. The standard InChI is InChI=1S/C34H52N6O4S2/c1-37(2)19-15-29-23-35-33-13-11-27(21-31(29)33)25-45(41,42)39(5)17-9-7-8-10-18-40(6)46(43,44)26-28-12-14-34-32(22-28)30(24-36-34)16-20-38(3)4/h11-14,21-24,35-36H,7-10,15-20,25-26H2,1-6H3. The van der Waals surface area contributed by atoms with Crippen LogP contribution in [0.1, 0.15) is 47.9 Å². The molecule has 0 fully saturated rings. The molecule has 0 unspecified atom stereocenters. The van der Waals surface area contributed by atoms with E-state index in [0.29, 0.717) is 13.1 Å². The molecule has 2 N–H and O–H groups in total. The molecule has 0 aliphatic carbocycles. The Labute approximate surface area is 275 Å². The highest BCUT2D eigenvalue weighted by Crippen LogP contribution is 2.24. The Morgan fingerprint density at radius 3 is 1.30 bits per heavy atom. The Morgan fingerprint density at radius 2 is 0.935 bits per heavy atom. The molecular weight excluding hydrogens is 621 g/mol. The minimum atomic E-state index is -3.46. The molecule has 0 aliphatic heterocycles. The summed E-state index contributed by atoms with van der Waals surface area (Å²) in [7, 11) is 4.54. The first-order chi connectivity index (χ1) is 21.7. The zero-order valence-electron chi connectivity index (χ0n) is 28.3. The first-order valence-electron chi connectivity index (χ1n) is 16.1. The summed E-state index contributed by atoms with van der Waals surface area (Å²) in [5, 5.41) is 2.16. The van der Waals surface area contributed by atoms with Crippen LogP contribution in [0, 0.1) is 0 Å². The molecular formula is C34H52N6O4S2. The van der Waals surface area contributed by atoms with Gasteiger partial charge in [-0.25, -0.2) is 25.4 Å². The molecule has 2 aromatic carbocycles. The topological polar surface area (TPSA) is 113 Å². The van der Waals surface area contributed by atoms with Gasteiger partial charge < -0.3 is 19.8 Å². The number of aromatic amines is 2. The summed E-state index contributed by atoms with van der Waals surface area (Å²) in [4.78, 5) is 10.9. The van der Waals surface area contributed by atoms with Crippen molar-refractivity contribution < 1.29 is 16.8 Å². The largest absolute Gasteiger partial charge is 0.361 e. The van der Waals surface area contributed by atoms with Gasteiger partial charge in [0.15, 0.2) is 0 Å². The minimum absolute atomic E-state index is 0.0329. The molecule has 4 aromatic rings. The van der Waals surface area contributed by atoms with E-state index >= 15 is 0 Å². The van der Waals surface area contributed by atoms with Crippen molar-refractivity contribution in [1.29, 1.82) is 0 Å². The van der Waals surface area contributed by atoms with Crippen molar-refractivity contribution >= 4 is 41.9 Å². The maximum absolute atomic E-state index is 13.1. The van der Waals surface area contributed by atoms with E-state index in [2.05, 4.69) is 19.8 Å². The van der Waals surface area contributed by atoms with Crippen molar-refractivity contribution in [1.82, 2.24) is 28.4 Å². The molecule has 0 atom stereocenters. The number of benzene rings is 2. The van der Waals surface area contributed by atoms with Gasteiger partial charge in [0, 0.05) is 74.5 Å². The quantitative estimate of drug-likeness (QED) is 0.141. The fraction of sp³-hybridized carbons (Fsp3) is 0.529. The van der Waals surface area contributed by atoms with Crippen LogP contribution < -0.4 is 0 Å². The number of rotatable bonds is 19. The van der Waals surface area contributed by atoms with Gasteiger partial charge in [0.2, 0.25) is 20.0 Å². The highest BCUT2D eigenvalue weighted by atomic mass is 32.2. The van der Waals surface area contributed by atoms with Crippen molar-refractivity contribution in [2.75, 3.05) is 68.5 Å². The smallest absolute Gasteiger partial charge is 0.218 e. The summed E-state index contributed by atoms with van der Waals surface area (Å²) in [6.07, 6.45) is 8.93. The molecule has 254 valence electrons. The first-order valence-corrected chi connectivity index (χ1v) is 19.3. The lowest BCUT2D eigenvalue weighted by Gasteiger charge is -2.18. The van der Waals surface area contributed by atoms with Gasteiger partial charge in [0.05, 0.1) is 11.5 Å². The van der Waals surface area contributed by atoms with Gasteiger partial charge >= 0.3 is 0 Å². The first kappa shape index (κ1) is 36.1. The van der Waals surface area contributed by atoms with Gasteiger partial charge in [-0.05, 0) is 100 Å². The number of nitrogens with zero attached hydrogens (tertiary/aromatic N) is 4. The molecule has 0 aliphatic rings. The summed E-state index contributed by atoms with van der Waals surface area (Å²) in [5.74, 6) is -0.0659. The van der Waals surface area contributed by atoms with Crippen LogP contribution in [0.2, 0.25) is 0 Å². The molecule has 0 saturated carbocycles. The number of sulfonamides is 2. The number of hydrogen-bond donors (Lipinski definition) is 2. The Bertz CT molecular complexity index is 1660. The zero-order valence-corrected chi connectivity index (χ0v) is 30.0. The summed E-state index contributed by atoms with van der Waals surface area (Å²) >= 11 is 0. The number of fused-ring (bicyclic) bond motifs is 2. The number of aromatic nitrogens is 2. The van der Waals surface area contributed by atoms with Crippen molar-refractivity contribution in [3.63, 3.8) is 0 Å². The molecule has 46 heavy (non-hydrogen) atoms. The predicted octanol–water partition coefficient (Wildman–Crippen LogP) is 4.64. The lowest BCUT2D eigenvalue weighted by Crippen LogP contribution is -2.29. The summed E-state index contributed by atoms with van der Waals surface area (Å²) in [5.41, 5.74) is 5.99. The second-order valence-electron chi connectivity index (χ2n) is 13.1. The van der Waals surface area contributed by atoms with E-state index < -0.39 is 20.0 Å². The maximum Gasteiger partial charge on any atom is 0.218 e. The SMILES string of the molecule is CN(C)CCc1c[nH]c2ccc(CS(=O)(=O)N(C)CCCCCCN(C)S(=O)(=O)Cc3ccc4[nH]cc(CCN(C)C)c4c3)cc12. The number of nitrogens with one attached hydrogen (secondary N) is 2. The van der Waals surface area contributed by atoms with Gasteiger partial charge in [0.25, 0.3) is 0 Å². The second-order valence-corrected chi connectivity index (χ2v) is 17.2. The summed E-state index contributed by atoms with van der Waals surface area (Å²) in [6, 6.07) is 11.7. The van der Waals surface area contributed by atoms with Crippen LogP contribution in [-0.4, -0.2) is 114 Å². The van der Waals surface area contributed by atoms with E-state index in [0.717, 1.165) is 84.5 Å². The fourth-order valence-electron chi connectivity index (χ4n) is 5.67. The molecule has 0 amide bonds. The summed E-state index contributed by atoms with van der Waals surface area (Å²) < 4.78 is 55.4. The maximum atomic E-state index is 13.1. The average Bonchev–Trinajstić information content (AvgIpc) is 3.59. The molecule has 0 bridgehead atoms. The molecule has 0 saturated heterocycles. The van der Waals surface area contributed by atoms with E-state index in [1.54, 1.807) is 14.1 Å². The highest BCUT2D eigenvalue weighted by Gasteiger charge is 2.21. The number of hydrogen-bond acceptors (Lipinski definition) is 6. The van der Waals surface area contributed by atoms with Crippen LogP contribution in [0.5, 0.6) is 0 Å². The molecule has 12 heteroatoms. The van der Waals surface area contributed by atoms with E-state index in [-0.39, 0.29) is 11.5 Å². The van der Waals surface area contributed by atoms with Crippen LogP contribution in [-0.2, 0) is 44.4 Å². The van der Waals surface area contributed by atoms with E-state index in [9.17, 15) is 16.8 Å². The van der Waals surface area contributed by atoms with Crippen LogP contribution in [0.15, 0.2) is 48.8 Å². The van der Waals surface area contributed by atoms with Crippen molar-refractivity contribution in [2.45, 2.75) is 50.0 Å². The summed E-state index contributed by atoms with van der Waals surface area (Å²) in [6.45, 7) is 2.73. The number of likely N-dealkylation sites (N-methyl/N-ethyl adjacent to an activating group) is 2. The molecule has 0 spiro atoms. The van der Waals surface area contributed by atoms with Gasteiger partial charge in [-0.2, -0.15) is 0 Å². The Hall–Kier alpha value is -2.74. The normalized spacial score (nSPS) is 13.0. The lowest BCUT2D eigenvalue weighted by molar-refractivity contribution is 0.414. The van der Waals surface area contributed by atoms with E-state index in [1.165, 1.54) is 19.7 Å². The lowest BCUT2D eigenvalue weighted by atomic mass is 10.1. The predicted molar refractivity (Wildman–Crippen MR) is 190 cm³/mol. The molecule has 0 radical (unpaired) electrons. The third-order valence-corrected chi connectivity index (χ3v) is 12.3. The monoisotopic (exact) mass is 672 g/mol.